The summed E-state index contributed by atoms with van der Waals surface area (Å²) in [5.74, 6) is 0. The Kier molecular flexibility index (Phi) is 29.3. The fraction of sp³-hybridized carbons (Fsp3) is 0.524. The van der Waals surface area contributed by atoms with Crippen LogP contribution in [0.3, 0.4) is 0 Å². The van der Waals surface area contributed by atoms with Crippen molar-refractivity contribution in [2.24, 2.45) is 0 Å². The standard InChI is InChI=1S/C36H58I.C27H33I.HI/c1-3-5-7-9-11-13-15-17-19-21-27-33-29-23-25-31-35(33)37-36-32-26-24-30-34(36)28-22-20-18-16-14-12-10-8-6-4-2;1-25(2,22-16-10-7-11-17-22)28(26(3,4)23-18-12-8-13-19-23)27(5,6)24-20-14-9-15-21-24;/h23-26,29-32H,3-22,27-28H2,1-2H3;7-21H,1-6H3;1H/q+1;;. The van der Waals surface area contributed by atoms with Crippen LogP contribution in [0.5, 0.6) is 0 Å². The van der Waals surface area contributed by atoms with Crippen molar-refractivity contribution in [3.05, 3.63) is 174 Å². The second-order valence-corrected chi connectivity index (χ2v) is 32.5. The minimum atomic E-state index is -1.79. The first kappa shape index (κ1) is 58.6. The van der Waals surface area contributed by atoms with Crippen LogP contribution in [-0.2, 0) is 23.1 Å². The molecule has 0 aliphatic carbocycles. The van der Waals surface area contributed by atoms with Gasteiger partial charge in [0.2, 0.25) is 0 Å². The van der Waals surface area contributed by atoms with Crippen LogP contribution in [0.15, 0.2) is 140 Å². The molecule has 0 fully saturated rings. The summed E-state index contributed by atoms with van der Waals surface area (Å²) < 4.78 is 3.75. The third kappa shape index (κ3) is 20.0. The molecule has 0 heterocycles. The molecular weight excluding hydrogens is 1140 g/mol. The van der Waals surface area contributed by atoms with Crippen LogP contribution in [0.2, 0.25) is 0 Å². The number of halogens is 3. The summed E-state index contributed by atoms with van der Waals surface area (Å²) >= 11 is -1.88. The van der Waals surface area contributed by atoms with E-state index in [4.69, 9.17) is 0 Å². The van der Waals surface area contributed by atoms with Gasteiger partial charge in [0, 0.05) is 11.1 Å². The molecule has 0 aromatic heterocycles. The van der Waals surface area contributed by atoms with Crippen molar-refractivity contribution in [2.45, 2.75) is 207 Å². The van der Waals surface area contributed by atoms with Gasteiger partial charge in [0.05, 0.1) is 0 Å². The Hall–Kier alpha value is -1.71. The zero-order valence-electron chi connectivity index (χ0n) is 43.0. The van der Waals surface area contributed by atoms with E-state index in [-0.39, 0.29) is 55.4 Å². The predicted molar refractivity (Wildman–Crippen MR) is 309 cm³/mol. The van der Waals surface area contributed by atoms with Gasteiger partial charge in [-0.1, -0.05) is 166 Å². The van der Waals surface area contributed by atoms with E-state index in [1.165, 1.54) is 158 Å². The van der Waals surface area contributed by atoms with Crippen LogP contribution in [0.4, 0.5) is 0 Å². The predicted octanol–water partition coefficient (Wildman–Crippen LogP) is 17.7. The van der Waals surface area contributed by atoms with E-state index < -0.39 is 19.8 Å². The molecule has 0 aliphatic rings. The number of aryl methyl sites for hydroxylation is 2. The van der Waals surface area contributed by atoms with Gasteiger partial charge >= 0.3 is 201 Å². The minimum Gasteiger partial charge on any atom is -0.107 e. The van der Waals surface area contributed by atoms with E-state index in [1.54, 1.807) is 18.3 Å². The maximum atomic E-state index is 2.49. The van der Waals surface area contributed by atoms with Gasteiger partial charge in [0.15, 0.2) is 7.14 Å². The van der Waals surface area contributed by atoms with Gasteiger partial charge in [-0.2, -0.15) is 0 Å². The largest absolute Gasteiger partial charge is 0.358 e. The molecule has 66 heavy (non-hydrogen) atoms. The Balaban J connectivity index is 0.000000357. The Bertz CT molecular complexity index is 1760. The summed E-state index contributed by atoms with van der Waals surface area (Å²) in [5.41, 5.74) is 7.65. The first-order valence-electron chi connectivity index (χ1n) is 26.2. The maximum Gasteiger partial charge on any atom is 0.358 e. The van der Waals surface area contributed by atoms with Crippen molar-refractivity contribution in [1.82, 2.24) is 0 Å². The third-order valence-corrected chi connectivity index (χ3v) is 26.7. The van der Waals surface area contributed by atoms with Crippen molar-refractivity contribution < 1.29 is 21.2 Å². The number of unbranched alkanes of at least 4 members (excludes halogenated alkanes) is 18. The Morgan fingerprint density at radius 2 is 0.561 bits per heavy atom. The number of rotatable bonds is 30. The quantitative estimate of drug-likeness (QED) is 0.0244. The van der Waals surface area contributed by atoms with Crippen LogP contribution < -0.4 is 21.2 Å². The fourth-order valence-electron chi connectivity index (χ4n) is 9.90. The van der Waals surface area contributed by atoms with E-state index in [0.29, 0.717) is 0 Å². The van der Waals surface area contributed by atoms with Gasteiger partial charge in [0.25, 0.3) is 0 Å². The van der Waals surface area contributed by atoms with Crippen molar-refractivity contribution >= 4 is 43.8 Å². The van der Waals surface area contributed by atoms with Crippen LogP contribution in [0, 0.1) is 7.14 Å². The first-order chi connectivity index (χ1) is 31.5. The number of hydrogen-bond acceptors (Lipinski definition) is 0. The topological polar surface area (TPSA) is 0 Å². The Labute approximate surface area is 442 Å². The van der Waals surface area contributed by atoms with Crippen LogP contribution in [0.25, 0.3) is 0 Å². The van der Waals surface area contributed by atoms with Gasteiger partial charge in [-0.15, -0.1) is 24.0 Å². The van der Waals surface area contributed by atoms with E-state index >= 15 is 0 Å². The maximum absolute atomic E-state index is 2.49. The average molecular weight is 1230 g/mol. The molecule has 5 aromatic carbocycles. The molecule has 0 saturated carbocycles. The number of benzene rings is 5. The number of hydrogen-bond donors (Lipinski definition) is 0. The van der Waals surface area contributed by atoms with Crippen LogP contribution in [-0.4, -0.2) is 0 Å². The van der Waals surface area contributed by atoms with Gasteiger partial charge in [0.1, 0.15) is 0 Å². The molecule has 5 rings (SSSR count). The minimum absolute atomic E-state index is 0. The third-order valence-electron chi connectivity index (χ3n) is 13.5. The molecule has 0 atom stereocenters. The van der Waals surface area contributed by atoms with Crippen molar-refractivity contribution in [3.8, 4) is 0 Å². The zero-order valence-corrected chi connectivity index (χ0v) is 49.6. The van der Waals surface area contributed by atoms with Crippen LogP contribution >= 0.6 is 43.8 Å². The second-order valence-electron chi connectivity index (χ2n) is 19.9. The molecule has 0 bridgehead atoms. The molecule has 0 nitrogen and oxygen atoms in total. The molecular formula is C63H92I3+. The zero-order chi connectivity index (χ0) is 46.6. The SMILES string of the molecule is CC(C)(c1ccccc1)I(C(C)(C)c1ccccc1)C(C)(C)c1ccccc1.CCCCCCCCCCCCc1ccccc1[I+]c1ccccc1CCCCCCCCCCCC.I. The molecule has 0 unspecified atom stereocenters. The van der Waals surface area contributed by atoms with E-state index in [0.717, 1.165) is 0 Å². The summed E-state index contributed by atoms with van der Waals surface area (Å²) in [5, 5.41) is 0. The molecule has 0 radical (unpaired) electrons. The molecule has 0 saturated heterocycles. The summed E-state index contributed by atoms with van der Waals surface area (Å²) in [4.78, 5) is 0. The average Bonchev–Trinajstić information content (AvgIpc) is 3.32. The van der Waals surface area contributed by atoms with E-state index in [2.05, 4.69) is 195 Å². The van der Waals surface area contributed by atoms with E-state index in [1.807, 2.05) is 0 Å². The van der Waals surface area contributed by atoms with Gasteiger partial charge in [-0.05, 0) is 37.8 Å². The van der Waals surface area contributed by atoms with Gasteiger partial charge in [-0.3, -0.25) is 0 Å². The molecule has 3 heteroatoms. The first-order valence-corrected chi connectivity index (χ1v) is 31.6. The van der Waals surface area contributed by atoms with Crippen LogP contribution in [0.1, 0.15) is 212 Å². The normalized spacial score (nSPS) is 12.0. The summed E-state index contributed by atoms with van der Waals surface area (Å²) in [6.07, 6.45) is 30.9. The Morgan fingerprint density at radius 1 is 0.318 bits per heavy atom. The van der Waals surface area contributed by atoms with Crippen molar-refractivity contribution in [3.63, 3.8) is 0 Å². The fourth-order valence-corrected chi connectivity index (χ4v) is 26.0. The Morgan fingerprint density at radius 3 is 0.848 bits per heavy atom. The summed E-state index contributed by atoms with van der Waals surface area (Å²) in [6.45, 7) is 19.5. The second kappa shape index (κ2) is 33.0. The van der Waals surface area contributed by atoms with Gasteiger partial charge in [-0.25, -0.2) is 0 Å². The molecule has 5 aromatic rings. The molecule has 0 N–H and O–H groups in total. The van der Waals surface area contributed by atoms with Gasteiger partial charge < -0.3 is 0 Å². The smallest absolute Gasteiger partial charge is 0.107 e. The van der Waals surface area contributed by atoms with Crippen molar-refractivity contribution in [2.75, 3.05) is 0 Å². The summed E-state index contributed by atoms with van der Waals surface area (Å²) in [6, 6.07) is 52.2. The van der Waals surface area contributed by atoms with E-state index in [9.17, 15) is 0 Å². The molecule has 0 aliphatic heterocycles. The molecule has 364 valence electrons. The summed E-state index contributed by atoms with van der Waals surface area (Å²) in [7, 11) is 0. The number of alkyl halides is 3. The molecule has 0 spiro atoms. The monoisotopic (exact) mass is 1230 g/mol. The van der Waals surface area contributed by atoms with Crippen molar-refractivity contribution in [1.29, 1.82) is 0 Å². The molecule has 0 amide bonds.